The summed E-state index contributed by atoms with van der Waals surface area (Å²) in [6.45, 7) is 4.94. The van der Waals surface area contributed by atoms with Gasteiger partial charge in [0, 0.05) is 21.2 Å². The largest absolute Gasteiger partial charge is 0.330 e. The highest BCUT2D eigenvalue weighted by molar-refractivity contribution is 7.91. The average Bonchev–Trinajstić information content (AvgIpc) is 2.96. The minimum Gasteiger partial charge on any atom is -0.330 e. The van der Waals surface area contributed by atoms with Gasteiger partial charge in [0.15, 0.2) is 0 Å². The molecule has 7 heteroatoms. The minimum absolute atomic E-state index is 0.339. The fourth-order valence-electron chi connectivity index (χ4n) is 1.75. The lowest BCUT2D eigenvalue weighted by atomic mass is 10.3. The average molecular weight is 330 g/mol. The van der Waals surface area contributed by atoms with Gasteiger partial charge in [0.1, 0.15) is 4.21 Å². The van der Waals surface area contributed by atoms with E-state index in [0.717, 1.165) is 9.75 Å². The van der Waals surface area contributed by atoms with Crippen molar-refractivity contribution in [1.29, 1.82) is 0 Å². The zero-order valence-electron chi connectivity index (χ0n) is 11.5. The molecular weight excluding hydrogens is 312 g/mol. The van der Waals surface area contributed by atoms with Crippen molar-refractivity contribution < 1.29 is 8.42 Å². The van der Waals surface area contributed by atoms with Crippen LogP contribution in [0.2, 0.25) is 0 Å². The van der Waals surface area contributed by atoms with E-state index in [-0.39, 0.29) is 0 Å². The Bertz CT molecular complexity index is 667. The molecule has 0 amide bonds. The van der Waals surface area contributed by atoms with Gasteiger partial charge in [0.05, 0.1) is 0 Å². The van der Waals surface area contributed by atoms with Crippen molar-refractivity contribution >= 4 is 32.7 Å². The molecule has 110 valence electrons. The molecule has 0 aliphatic carbocycles. The van der Waals surface area contributed by atoms with Crippen LogP contribution in [0.1, 0.15) is 20.2 Å². The predicted octanol–water partition coefficient (Wildman–Crippen LogP) is 2.41. The summed E-state index contributed by atoms with van der Waals surface area (Å²) in [5, 5.41) is 0. The zero-order chi connectivity index (χ0) is 14.8. The maximum Gasteiger partial charge on any atom is 0.250 e. The van der Waals surface area contributed by atoms with Crippen LogP contribution in [-0.4, -0.2) is 15.0 Å². The summed E-state index contributed by atoms with van der Waals surface area (Å²) in [6, 6.07) is 5.49. The molecule has 0 radical (unpaired) electrons. The highest BCUT2D eigenvalue weighted by Crippen LogP contribution is 2.24. The summed E-state index contributed by atoms with van der Waals surface area (Å²) >= 11 is 2.90. The number of hydrogen-bond donors (Lipinski definition) is 2. The Morgan fingerprint density at radius 3 is 2.55 bits per heavy atom. The second-order valence-electron chi connectivity index (χ2n) is 4.54. The fourth-order valence-corrected chi connectivity index (χ4v) is 5.26. The van der Waals surface area contributed by atoms with E-state index < -0.39 is 10.0 Å². The number of aryl methyl sites for hydroxylation is 2. The third-order valence-electron chi connectivity index (χ3n) is 2.95. The second kappa shape index (κ2) is 6.36. The van der Waals surface area contributed by atoms with Crippen LogP contribution in [0.25, 0.3) is 0 Å². The lowest BCUT2D eigenvalue weighted by Gasteiger charge is -2.02. The zero-order valence-corrected chi connectivity index (χ0v) is 13.9. The molecule has 0 aromatic carbocycles. The molecule has 0 aliphatic rings. The molecule has 20 heavy (non-hydrogen) atoms. The minimum atomic E-state index is -3.43. The Labute approximate surface area is 127 Å². The highest BCUT2D eigenvalue weighted by Gasteiger charge is 2.17. The van der Waals surface area contributed by atoms with Crippen LogP contribution in [0.3, 0.4) is 0 Å². The first-order valence-corrected chi connectivity index (χ1v) is 9.38. The summed E-state index contributed by atoms with van der Waals surface area (Å²) in [6.07, 6.45) is 0.712. The topological polar surface area (TPSA) is 72.2 Å². The predicted molar refractivity (Wildman–Crippen MR) is 84.9 cm³/mol. The van der Waals surface area contributed by atoms with Crippen molar-refractivity contribution in [1.82, 2.24) is 4.72 Å². The van der Waals surface area contributed by atoms with Crippen LogP contribution < -0.4 is 10.5 Å². The van der Waals surface area contributed by atoms with Crippen molar-refractivity contribution in [2.75, 3.05) is 6.54 Å². The molecule has 2 heterocycles. The lowest BCUT2D eigenvalue weighted by Crippen LogP contribution is -2.21. The maximum absolute atomic E-state index is 12.2. The van der Waals surface area contributed by atoms with Crippen LogP contribution in [0.5, 0.6) is 0 Å². The Morgan fingerprint density at radius 2 is 1.95 bits per heavy atom. The van der Waals surface area contributed by atoms with Gasteiger partial charge in [-0.25, -0.2) is 13.1 Å². The number of nitrogens with two attached hydrogens (primary N) is 1. The standard InChI is InChI=1S/C13H18N2O2S3/c1-9-7-12(18-10(9)2)8-15-20(16,17)13-4-3-11(19-13)5-6-14/h3-4,7,15H,5-6,8,14H2,1-2H3. The van der Waals surface area contributed by atoms with E-state index in [2.05, 4.69) is 4.72 Å². The van der Waals surface area contributed by atoms with Gasteiger partial charge in [0.2, 0.25) is 10.0 Å². The quantitative estimate of drug-likeness (QED) is 0.854. The third-order valence-corrected chi connectivity index (χ3v) is 7.14. The van der Waals surface area contributed by atoms with E-state index >= 15 is 0 Å². The van der Waals surface area contributed by atoms with Gasteiger partial charge in [-0.05, 0) is 50.6 Å². The third kappa shape index (κ3) is 3.67. The molecule has 0 unspecified atom stereocenters. The normalized spacial score (nSPS) is 11.9. The molecule has 2 aromatic heterocycles. The molecule has 2 rings (SSSR count). The van der Waals surface area contributed by atoms with Crippen molar-refractivity contribution in [2.24, 2.45) is 5.73 Å². The maximum atomic E-state index is 12.2. The van der Waals surface area contributed by atoms with Crippen LogP contribution >= 0.6 is 22.7 Å². The van der Waals surface area contributed by atoms with Crippen LogP contribution in [0.15, 0.2) is 22.4 Å². The lowest BCUT2D eigenvalue weighted by molar-refractivity contribution is 0.584. The molecule has 2 aromatic rings. The second-order valence-corrected chi connectivity index (χ2v) is 9.04. The summed E-state index contributed by atoms with van der Waals surface area (Å²) in [4.78, 5) is 3.25. The Balaban J connectivity index is 2.06. The summed E-state index contributed by atoms with van der Waals surface area (Å²) < 4.78 is 27.4. The highest BCUT2D eigenvalue weighted by atomic mass is 32.2. The number of rotatable bonds is 6. The molecule has 0 atom stereocenters. The monoisotopic (exact) mass is 330 g/mol. The Hall–Kier alpha value is -0.730. The van der Waals surface area contributed by atoms with E-state index in [1.165, 1.54) is 21.8 Å². The molecule has 4 nitrogen and oxygen atoms in total. The van der Waals surface area contributed by atoms with Crippen molar-refractivity contribution in [2.45, 2.75) is 31.0 Å². The summed E-state index contributed by atoms with van der Waals surface area (Å²) in [5.74, 6) is 0. The van der Waals surface area contributed by atoms with E-state index in [1.807, 2.05) is 26.0 Å². The van der Waals surface area contributed by atoms with Gasteiger partial charge in [-0.15, -0.1) is 22.7 Å². The number of sulfonamides is 1. The number of thiophene rings is 2. The van der Waals surface area contributed by atoms with Gasteiger partial charge >= 0.3 is 0 Å². The first-order chi connectivity index (χ1) is 9.42. The first kappa shape index (κ1) is 15.7. The molecular formula is C13H18N2O2S3. The number of hydrogen-bond acceptors (Lipinski definition) is 5. The van der Waals surface area contributed by atoms with Crippen molar-refractivity contribution in [3.63, 3.8) is 0 Å². The summed E-state index contributed by atoms with van der Waals surface area (Å²) in [7, 11) is -3.43. The molecule has 0 fully saturated rings. The molecule has 0 aliphatic heterocycles. The number of nitrogens with one attached hydrogen (secondary N) is 1. The Kier molecular flexibility index (Phi) is 4.98. The van der Waals surface area contributed by atoms with Crippen molar-refractivity contribution in [3.05, 3.63) is 38.4 Å². The van der Waals surface area contributed by atoms with E-state index in [1.54, 1.807) is 17.4 Å². The fraction of sp³-hybridized carbons (Fsp3) is 0.385. The van der Waals surface area contributed by atoms with E-state index in [4.69, 9.17) is 5.73 Å². The molecule has 0 saturated carbocycles. The van der Waals surface area contributed by atoms with Gasteiger partial charge in [-0.1, -0.05) is 0 Å². The Morgan fingerprint density at radius 1 is 1.20 bits per heavy atom. The van der Waals surface area contributed by atoms with Crippen LogP contribution in [0, 0.1) is 13.8 Å². The van der Waals surface area contributed by atoms with E-state index in [0.29, 0.717) is 23.7 Å². The summed E-state index contributed by atoms with van der Waals surface area (Å²) in [5.41, 5.74) is 6.67. The van der Waals surface area contributed by atoms with Gasteiger partial charge in [-0.2, -0.15) is 0 Å². The van der Waals surface area contributed by atoms with Gasteiger partial charge in [0.25, 0.3) is 0 Å². The van der Waals surface area contributed by atoms with E-state index in [9.17, 15) is 8.42 Å². The van der Waals surface area contributed by atoms with Crippen molar-refractivity contribution in [3.8, 4) is 0 Å². The molecule has 3 N–H and O–H groups in total. The van der Waals surface area contributed by atoms with Gasteiger partial charge < -0.3 is 5.73 Å². The van der Waals surface area contributed by atoms with Crippen LogP contribution in [-0.2, 0) is 23.0 Å². The van der Waals surface area contributed by atoms with Crippen LogP contribution in [0.4, 0.5) is 0 Å². The smallest absolute Gasteiger partial charge is 0.250 e. The molecule has 0 saturated heterocycles. The SMILES string of the molecule is Cc1cc(CNS(=O)(=O)c2ccc(CCN)s2)sc1C. The molecule has 0 spiro atoms. The first-order valence-electron chi connectivity index (χ1n) is 6.27. The molecule has 0 bridgehead atoms. The van der Waals surface area contributed by atoms with Gasteiger partial charge in [-0.3, -0.25) is 0 Å².